The number of carbonyl (C=O) groups is 1. The molecule has 0 amide bonds. The fourth-order valence-electron chi connectivity index (χ4n) is 2.15. The van der Waals surface area contributed by atoms with Gasteiger partial charge in [0, 0.05) is 10.5 Å². The van der Waals surface area contributed by atoms with Crippen molar-refractivity contribution in [3.63, 3.8) is 0 Å². The van der Waals surface area contributed by atoms with E-state index in [1.165, 1.54) is 0 Å². The van der Waals surface area contributed by atoms with Crippen LogP contribution in [0.3, 0.4) is 0 Å². The van der Waals surface area contributed by atoms with E-state index in [4.69, 9.17) is 11.6 Å². The Morgan fingerprint density at radius 3 is 2.10 bits per heavy atom. The minimum Gasteiger partial charge on any atom is -0.291 e. The fraction of sp³-hybridized carbons (Fsp3) is 0.235. The molecule has 0 aliphatic rings. The maximum absolute atomic E-state index is 12.8. The number of rotatable bonds is 6. The smallest absolute Gasteiger partial charge is 0.196 e. The van der Waals surface area contributed by atoms with Gasteiger partial charge in [-0.25, -0.2) is 0 Å². The standard InChI is InChI=1S/C17H17ClO2S/c1-2-13-17(18,16(19)14-9-5-3-6-10-14)21(20)15-11-7-4-8-12-15/h3-12H,2,13H2,1H3/t17-,21?/m0/s1. The van der Waals surface area contributed by atoms with Crippen LogP contribution in [0.25, 0.3) is 0 Å². The summed E-state index contributed by atoms with van der Waals surface area (Å²) in [7, 11) is -1.60. The molecule has 0 N–H and O–H groups in total. The number of ketones is 1. The molecule has 2 nitrogen and oxygen atoms in total. The third-order valence-electron chi connectivity index (χ3n) is 3.20. The van der Waals surface area contributed by atoms with Gasteiger partial charge in [-0.3, -0.25) is 9.00 Å². The summed E-state index contributed by atoms with van der Waals surface area (Å²) in [6.45, 7) is 1.93. The summed E-state index contributed by atoms with van der Waals surface area (Å²) < 4.78 is 11.4. The van der Waals surface area contributed by atoms with Gasteiger partial charge in [0.05, 0.1) is 10.8 Å². The largest absolute Gasteiger partial charge is 0.291 e. The Morgan fingerprint density at radius 2 is 1.57 bits per heavy atom. The van der Waals surface area contributed by atoms with Crippen molar-refractivity contribution in [3.05, 3.63) is 66.2 Å². The van der Waals surface area contributed by atoms with Gasteiger partial charge in [-0.05, 0) is 18.6 Å². The number of alkyl halides is 1. The van der Waals surface area contributed by atoms with Crippen LogP contribution in [0.1, 0.15) is 30.1 Å². The van der Waals surface area contributed by atoms with E-state index in [9.17, 15) is 9.00 Å². The lowest BCUT2D eigenvalue weighted by Gasteiger charge is -2.24. The summed E-state index contributed by atoms with van der Waals surface area (Å²) in [4.78, 5) is 13.3. The number of hydrogen-bond acceptors (Lipinski definition) is 2. The lowest BCUT2D eigenvalue weighted by atomic mass is 10.0. The molecule has 21 heavy (non-hydrogen) atoms. The van der Waals surface area contributed by atoms with Crippen LogP contribution in [0, 0.1) is 0 Å². The molecule has 110 valence electrons. The summed E-state index contributed by atoms with van der Waals surface area (Å²) in [5.74, 6) is -0.284. The molecule has 0 spiro atoms. The molecule has 0 radical (unpaired) electrons. The van der Waals surface area contributed by atoms with E-state index in [1.54, 1.807) is 48.5 Å². The van der Waals surface area contributed by atoms with Gasteiger partial charge >= 0.3 is 0 Å². The molecule has 0 aliphatic heterocycles. The molecule has 2 aromatic carbocycles. The highest BCUT2D eigenvalue weighted by Gasteiger charge is 2.42. The maximum atomic E-state index is 12.8. The lowest BCUT2D eigenvalue weighted by Crippen LogP contribution is -2.37. The van der Waals surface area contributed by atoms with Gasteiger partial charge in [-0.1, -0.05) is 73.5 Å². The topological polar surface area (TPSA) is 34.1 Å². The third-order valence-corrected chi connectivity index (χ3v) is 5.66. The van der Waals surface area contributed by atoms with E-state index in [0.717, 1.165) is 0 Å². The number of benzene rings is 2. The predicted molar refractivity (Wildman–Crippen MR) is 87.1 cm³/mol. The van der Waals surface area contributed by atoms with Crippen LogP contribution in [0.15, 0.2) is 65.6 Å². The highest BCUT2D eigenvalue weighted by atomic mass is 35.5. The first-order chi connectivity index (χ1) is 10.1. The zero-order valence-electron chi connectivity index (χ0n) is 11.8. The Bertz CT molecular complexity index is 574. The van der Waals surface area contributed by atoms with Gasteiger partial charge in [-0.2, -0.15) is 0 Å². The fourth-order valence-corrected chi connectivity index (χ4v) is 4.17. The second kappa shape index (κ2) is 7.01. The van der Waals surface area contributed by atoms with Crippen LogP contribution >= 0.6 is 11.6 Å². The molecule has 1 unspecified atom stereocenters. The highest BCUT2D eigenvalue weighted by Crippen LogP contribution is 2.34. The van der Waals surface area contributed by atoms with Gasteiger partial charge in [-0.15, -0.1) is 0 Å². The van der Waals surface area contributed by atoms with Crippen LogP contribution in [-0.4, -0.2) is 14.2 Å². The molecule has 4 heteroatoms. The van der Waals surface area contributed by atoms with Crippen LogP contribution < -0.4 is 0 Å². The molecule has 2 aromatic rings. The minimum absolute atomic E-state index is 0.284. The van der Waals surface area contributed by atoms with Crippen molar-refractivity contribution in [3.8, 4) is 0 Å². The normalized spacial score (nSPS) is 15.1. The second-order valence-electron chi connectivity index (χ2n) is 4.76. The number of Topliss-reactive ketones (excluding diaryl/α,β-unsaturated/α-hetero) is 1. The van der Waals surface area contributed by atoms with E-state index in [1.807, 2.05) is 19.1 Å². The van der Waals surface area contributed by atoms with Gasteiger partial charge in [0.25, 0.3) is 0 Å². The molecular formula is C17H17ClO2S. The van der Waals surface area contributed by atoms with Crippen molar-refractivity contribution in [2.75, 3.05) is 0 Å². The van der Waals surface area contributed by atoms with Crippen LogP contribution in [0.2, 0.25) is 0 Å². The summed E-state index contributed by atoms with van der Waals surface area (Å²) in [6.07, 6.45) is 1.05. The highest BCUT2D eigenvalue weighted by molar-refractivity contribution is 7.89. The van der Waals surface area contributed by atoms with E-state index in [-0.39, 0.29) is 5.78 Å². The summed E-state index contributed by atoms with van der Waals surface area (Å²) >= 11 is 6.56. The van der Waals surface area contributed by atoms with Gasteiger partial charge in [0.1, 0.15) is 0 Å². The van der Waals surface area contributed by atoms with Crippen molar-refractivity contribution < 1.29 is 9.00 Å². The van der Waals surface area contributed by atoms with E-state index >= 15 is 0 Å². The first-order valence-electron chi connectivity index (χ1n) is 6.85. The van der Waals surface area contributed by atoms with Crippen molar-refractivity contribution in [2.45, 2.75) is 28.9 Å². The number of carbonyl (C=O) groups excluding carboxylic acids is 1. The Morgan fingerprint density at radius 1 is 1.05 bits per heavy atom. The molecular weight excluding hydrogens is 304 g/mol. The molecule has 0 aliphatic carbocycles. The minimum atomic E-state index is -1.60. The SMILES string of the molecule is CCC[C@@](Cl)(C(=O)c1ccccc1)S(=O)c1ccccc1. The second-order valence-corrected chi connectivity index (χ2v) is 7.33. The zero-order valence-corrected chi connectivity index (χ0v) is 13.4. The Kier molecular flexibility index (Phi) is 5.32. The zero-order chi connectivity index (χ0) is 15.3. The molecule has 0 heterocycles. The monoisotopic (exact) mass is 320 g/mol. The quantitative estimate of drug-likeness (QED) is 0.583. The molecule has 0 bridgehead atoms. The average molecular weight is 321 g/mol. The number of halogens is 1. The van der Waals surface area contributed by atoms with Crippen LogP contribution in [0.5, 0.6) is 0 Å². The van der Waals surface area contributed by atoms with Crippen LogP contribution in [0.4, 0.5) is 0 Å². The van der Waals surface area contributed by atoms with Gasteiger partial charge in [0.2, 0.25) is 0 Å². The molecule has 2 atom stereocenters. The first-order valence-corrected chi connectivity index (χ1v) is 8.38. The summed E-state index contributed by atoms with van der Waals surface area (Å²) in [6, 6.07) is 17.7. The third kappa shape index (κ3) is 3.42. The lowest BCUT2D eigenvalue weighted by molar-refractivity contribution is 0.0970. The van der Waals surface area contributed by atoms with E-state index < -0.39 is 15.0 Å². The summed E-state index contributed by atoms with van der Waals surface area (Å²) in [5, 5.41) is 0. The molecule has 2 rings (SSSR count). The molecule has 0 fully saturated rings. The van der Waals surface area contributed by atoms with E-state index in [2.05, 4.69) is 0 Å². The maximum Gasteiger partial charge on any atom is 0.196 e. The summed E-state index contributed by atoms with van der Waals surface area (Å²) in [5.41, 5.74) is 0.491. The van der Waals surface area contributed by atoms with Crippen molar-refractivity contribution >= 4 is 28.2 Å². The number of hydrogen-bond donors (Lipinski definition) is 0. The molecule has 0 saturated carbocycles. The van der Waals surface area contributed by atoms with Gasteiger partial charge in [0.15, 0.2) is 9.99 Å². The van der Waals surface area contributed by atoms with E-state index in [0.29, 0.717) is 23.3 Å². The van der Waals surface area contributed by atoms with Crippen LogP contribution in [-0.2, 0) is 10.8 Å². The Hall–Kier alpha value is -1.45. The first kappa shape index (κ1) is 15.9. The van der Waals surface area contributed by atoms with Gasteiger partial charge < -0.3 is 0 Å². The van der Waals surface area contributed by atoms with Crippen molar-refractivity contribution in [2.24, 2.45) is 0 Å². The molecule has 0 saturated heterocycles. The average Bonchev–Trinajstić information content (AvgIpc) is 2.55. The Labute approximate surface area is 132 Å². The Balaban J connectivity index is 2.41. The predicted octanol–water partition coefficient (Wildman–Crippen LogP) is 4.41. The molecule has 0 aromatic heterocycles. The van der Waals surface area contributed by atoms with Crippen molar-refractivity contribution in [1.29, 1.82) is 0 Å². The van der Waals surface area contributed by atoms with Crippen molar-refractivity contribution in [1.82, 2.24) is 0 Å².